The molecule has 0 saturated heterocycles. The molecule has 4 rings (SSSR count). The Morgan fingerprint density at radius 3 is 2.32 bits per heavy atom. The van der Waals surface area contributed by atoms with Gasteiger partial charge in [0.05, 0.1) is 11.3 Å². The largest absolute Gasteiger partial charge is 0.457 e. The predicted molar refractivity (Wildman–Crippen MR) is 111 cm³/mol. The number of halogens is 2. The van der Waals surface area contributed by atoms with Crippen molar-refractivity contribution >= 4 is 45.9 Å². The highest BCUT2D eigenvalue weighted by Gasteiger charge is 2.69. The van der Waals surface area contributed by atoms with Crippen LogP contribution in [-0.4, -0.2) is 27.3 Å². The number of carbonyl (C=O) groups is 2. The van der Waals surface area contributed by atoms with Gasteiger partial charge < -0.3 is 9.30 Å². The number of ether oxygens (including phenoxy) is 1. The molecule has 0 bridgehead atoms. The molecule has 0 spiro atoms. The topological polar surface area (TPSA) is 48.3 Å². The Balaban J connectivity index is 1.70. The molecule has 144 valence electrons. The second kappa shape index (κ2) is 6.64. The average molecular weight is 416 g/mol. The summed E-state index contributed by atoms with van der Waals surface area (Å²) in [6.45, 7) is 1.29. The van der Waals surface area contributed by atoms with E-state index in [1.54, 1.807) is 6.92 Å². The van der Waals surface area contributed by atoms with E-state index in [1.165, 1.54) is 0 Å². The van der Waals surface area contributed by atoms with Crippen LogP contribution in [0, 0.1) is 5.41 Å². The molecule has 0 N–H and O–H groups in total. The second-order valence-corrected chi connectivity index (χ2v) is 8.86. The van der Waals surface area contributed by atoms with Crippen LogP contribution in [0.4, 0.5) is 0 Å². The molecular formula is C22H19Cl2NO3. The smallest absolute Gasteiger partial charge is 0.315 e. The first-order valence-electron chi connectivity index (χ1n) is 8.97. The molecule has 3 aromatic rings. The summed E-state index contributed by atoms with van der Waals surface area (Å²) < 4.78 is 6.17. The number of hydrogen-bond donors (Lipinski definition) is 0. The summed E-state index contributed by atoms with van der Waals surface area (Å²) in [5.74, 6) is -0.810. The number of ketones is 1. The van der Waals surface area contributed by atoms with E-state index < -0.39 is 15.7 Å². The van der Waals surface area contributed by atoms with E-state index in [2.05, 4.69) is 0 Å². The van der Waals surface area contributed by atoms with Crippen molar-refractivity contribution in [2.75, 3.05) is 6.61 Å². The van der Waals surface area contributed by atoms with Crippen molar-refractivity contribution in [3.05, 3.63) is 60.2 Å². The molecule has 1 aromatic heterocycles. The van der Waals surface area contributed by atoms with E-state index in [0.29, 0.717) is 12.0 Å². The lowest BCUT2D eigenvalue weighted by Crippen LogP contribution is -2.24. The number of aromatic nitrogens is 1. The Bertz CT molecular complexity index is 1090. The van der Waals surface area contributed by atoms with Crippen LogP contribution in [0.25, 0.3) is 22.2 Å². The number of para-hydroxylation sites is 1. The minimum Gasteiger partial charge on any atom is -0.457 e. The predicted octanol–water partition coefficient (Wildman–Crippen LogP) is 5.16. The normalized spacial score (nSPS) is 20.1. The molecule has 0 amide bonds. The van der Waals surface area contributed by atoms with Crippen molar-refractivity contribution in [3.8, 4) is 11.3 Å². The van der Waals surface area contributed by atoms with Crippen molar-refractivity contribution in [1.82, 2.24) is 4.57 Å². The van der Waals surface area contributed by atoms with Crippen molar-refractivity contribution < 1.29 is 14.3 Å². The second-order valence-electron chi connectivity index (χ2n) is 7.38. The minimum absolute atomic E-state index is 0.261. The quantitative estimate of drug-likeness (QED) is 0.328. The molecule has 0 radical (unpaired) electrons. The van der Waals surface area contributed by atoms with Crippen LogP contribution < -0.4 is 0 Å². The van der Waals surface area contributed by atoms with Gasteiger partial charge >= 0.3 is 5.97 Å². The Morgan fingerprint density at radius 2 is 1.68 bits per heavy atom. The highest BCUT2D eigenvalue weighted by atomic mass is 35.5. The summed E-state index contributed by atoms with van der Waals surface area (Å²) in [7, 11) is 1.92. The van der Waals surface area contributed by atoms with Crippen LogP contribution in [0.15, 0.2) is 54.6 Å². The Morgan fingerprint density at radius 1 is 1.07 bits per heavy atom. The highest BCUT2D eigenvalue weighted by molar-refractivity contribution is 6.53. The number of hydrogen-bond acceptors (Lipinski definition) is 3. The molecule has 1 saturated carbocycles. The van der Waals surface area contributed by atoms with Crippen LogP contribution in [0.1, 0.15) is 23.7 Å². The van der Waals surface area contributed by atoms with Crippen molar-refractivity contribution in [2.45, 2.75) is 17.7 Å². The zero-order valence-electron chi connectivity index (χ0n) is 15.5. The lowest BCUT2D eigenvalue weighted by atomic mass is 10.0. The number of rotatable bonds is 5. The van der Waals surface area contributed by atoms with E-state index in [9.17, 15) is 9.59 Å². The number of fused-ring (bicyclic) bond motifs is 1. The van der Waals surface area contributed by atoms with Gasteiger partial charge in [-0.25, -0.2) is 0 Å². The van der Waals surface area contributed by atoms with Crippen LogP contribution in [-0.2, 0) is 16.6 Å². The highest BCUT2D eigenvalue weighted by Crippen LogP contribution is 2.64. The number of carbonyl (C=O) groups excluding carboxylic acids is 2. The number of esters is 1. The Labute approximate surface area is 173 Å². The average Bonchev–Trinajstić information content (AvgIpc) is 3.07. The third-order valence-corrected chi connectivity index (χ3v) is 6.58. The zero-order chi connectivity index (χ0) is 20.1. The van der Waals surface area contributed by atoms with E-state index in [0.717, 1.165) is 22.2 Å². The van der Waals surface area contributed by atoms with Crippen molar-refractivity contribution in [3.63, 3.8) is 0 Å². The summed E-state index contributed by atoms with van der Waals surface area (Å²) >= 11 is 12.1. The molecule has 1 unspecified atom stereocenters. The molecule has 1 atom stereocenters. The molecular weight excluding hydrogens is 397 g/mol. The van der Waals surface area contributed by atoms with E-state index in [4.69, 9.17) is 27.9 Å². The van der Waals surface area contributed by atoms with Crippen LogP contribution >= 0.6 is 23.2 Å². The zero-order valence-corrected chi connectivity index (χ0v) is 17.1. The van der Waals surface area contributed by atoms with Crippen LogP contribution in [0.3, 0.4) is 0 Å². The fourth-order valence-corrected chi connectivity index (χ4v) is 4.28. The molecule has 2 aromatic carbocycles. The van der Waals surface area contributed by atoms with Gasteiger partial charge in [-0.3, -0.25) is 9.59 Å². The lowest BCUT2D eigenvalue weighted by Gasteiger charge is -2.12. The van der Waals surface area contributed by atoms with Gasteiger partial charge in [-0.15, -0.1) is 23.2 Å². The Kier molecular flexibility index (Phi) is 4.52. The fraction of sp³-hybridized carbons (Fsp3) is 0.273. The van der Waals surface area contributed by atoms with Gasteiger partial charge in [-0.05, 0) is 18.6 Å². The maximum absolute atomic E-state index is 13.1. The summed E-state index contributed by atoms with van der Waals surface area (Å²) in [4.78, 5) is 25.5. The number of benzene rings is 2. The van der Waals surface area contributed by atoms with Gasteiger partial charge in [0, 0.05) is 24.4 Å². The number of nitrogens with zero attached hydrogens (tertiary/aromatic N) is 1. The maximum Gasteiger partial charge on any atom is 0.315 e. The summed E-state index contributed by atoms with van der Waals surface area (Å²) in [5, 5.41) is 0.826. The van der Waals surface area contributed by atoms with Gasteiger partial charge in [0.1, 0.15) is 9.75 Å². The third-order valence-electron chi connectivity index (χ3n) is 5.48. The minimum atomic E-state index is -1.12. The Hall–Kier alpha value is -2.30. The molecule has 1 aliphatic rings. The maximum atomic E-state index is 13.1. The molecule has 28 heavy (non-hydrogen) atoms. The first-order valence-corrected chi connectivity index (χ1v) is 9.73. The molecule has 6 heteroatoms. The molecule has 1 aliphatic carbocycles. The SMILES string of the molecule is Cn1c(-c2ccccc2)c(C(=O)COC(=O)C2(C)CC2(Cl)Cl)c2ccccc21. The van der Waals surface area contributed by atoms with Crippen LogP contribution in [0.5, 0.6) is 0 Å². The van der Waals surface area contributed by atoms with Gasteiger partial charge in [0.25, 0.3) is 0 Å². The van der Waals surface area contributed by atoms with E-state index >= 15 is 0 Å². The number of aryl methyl sites for hydroxylation is 1. The van der Waals surface area contributed by atoms with Gasteiger partial charge in [-0.1, -0.05) is 48.5 Å². The number of alkyl halides is 2. The van der Waals surface area contributed by atoms with Gasteiger partial charge in [-0.2, -0.15) is 0 Å². The van der Waals surface area contributed by atoms with Gasteiger partial charge in [0.2, 0.25) is 5.78 Å². The van der Waals surface area contributed by atoms with Crippen molar-refractivity contribution in [1.29, 1.82) is 0 Å². The fourth-order valence-electron chi connectivity index (χ4n) is 3.59. The van der Waals surface area contributed by atoms with Crippen LogP contribution in [0.2, 0.25) is 0 Å². The summed E-state index contributed by atoms with van der Waals surface area (Å²) in [5.41, 5.74) is 2.24. The molecule has 0 aliphatic heterocycles. The number of Topliss-reactive ketones (excluding diaryl/α,β-unsaturated/α-hetero) is 1. The summed E-state index contributed by atoms with van der Waals surface area (Å²) in [6.07, 6.45) is 0.319. The first kappa shape index (κ1) is 19.0. The van der Waals surface area contributed by atoms with E-state index in [1.807, 2.05) is 66.2 Å². The van der Waals surface area contributed by atoms with Crippen molar-refractivity contribution in [2.24, 2.45) is 12.5 Å². The molecule has 4 nitrogen and oxygen atoms in total. The monoisotopic (exact) mass is 415 g/mol. The third kappa shape index (κ3) is 2.92. The van der Waals surface area contributed by atoms with Gasteiger partial charge in [0.15, 0.2) is 6.61 Å². The lowest BCUT2D eigenvalue weighted by molar-refractivity contribution is -0.148. The standard InChI is InChI=1S/C22H19Cl2NO3/c1-21(13-22(21,23)24)20(27)28-12-17(26)18-15-10-6-7-11-16(15)25(2)19(18)14-8-4-3-5-9-14/h3-11H,12-13H2,1-2H3. The summed E-state index contributed by atoms with van der Waals surface area (Å²) in [6, 6.07) is 17.4. The molecule has 1 fully saturated rings. The van der Waals surface area contributed by atoms with E-state index in [-0.39, 0.29) is 12.4 Å². The first-order chi connectivity index (χ1) is 13.3. The molecule has 1 heterocycles.